The van der Waals surface area contributed by atoms with Gasteiger partial charge in [-0.05, 0) is 38.5 Å². The van der Waals surface area contributed by atoms with Gasteiger partial charge in [0.05, 0.1) is 33.0 Å². The molecule has 0 aromatic carbocycles. The Kier molecular flexibility index (Phi) is 20.9. The van der Waals surface area contributed by atoms with Crippen LogP contribution in [-0.4, -0.2) is 50.5 Å². The van der Waals surface area contributed by atoms with Gasteiger partial charge in [0.15, 0.2) is 5.12 Å². The molecule has 0 aromatic heterocycles. The molecule has 5 heteroatoms. The van der Waals surface area contributed by atoms with Gasteiger partial charge in [0.25, 0.3) is 0 Å². The van der Waals surface area contributed by atoms with Crippen LogP contribution in [0.3, 0.4) is 0 Å². The maximum absolute atomic E-state index is 10.8. The summed E-state index contributed by atoms with van der Waals surface area (Å²) >= 11 is 1.44. The van der Waals surface area contributed by atoms with E-state index in [2.05, 4.69) is 18.7 Å². The van der Waals surface area contributed by atoms with Crippen LogP contribution in [0, 0.1) is 0 Å². The van der Waals surface area contributed by atoms with E-state index in [1.54, 1.807) is 13.0 Å². The monoisotopic (exact) mass is 372 g/mol. The van der Waals surface area contributed by atoms with Crippen molar-refractivity contribution in [2.45, 2.75) is 51.9 Å². The molecule has 0 saturated heterocycles. The summed E-state index contributed by atoms with van der Waals surface area (Å²) in [5, 5.41) is 0.227. The molecule has 0 spiro atoms. The average molecular weight is 373 g/mol. The molecule has 0 heterocycles. The van der Waals surface area contributed by atoms with Crippen LogP contribution >= 0.6 is 11.8 Å². The normalized spacial score (nSPS) is 11.2. The number of ether oxygens (including phenoxy) is 3. The Balaban J connectivity index is 3.08. The minimum atomic E-state index is 0.227. The first-order valence-electron chi connectivity index (χ1n) is 9.40. The number of carbonyl (C=O) groups excluding carboxylic acids is 1. The molecular formula is C20H36O4S. The Labute approximate surface area is 158 Å². The molecule has 0 amide bonds. The first-order valence-corrected chi connectivity index (χ1v) is 10.4. The van der Waals surface area contributed by atoms with Crippen molar-refractivity contribution in [3.8, 4) is 0 Å². The zero-order valence-electron chi connectivity index (χ0n) is 15.9. The highest BCUT2D eigenvalue weighted by molar-refractivity contribution is 8.13. The number of hydrogen-bond acceptors (Lipinski definition) is 5. The fraction of sp³-hybridized carbons (Fsp3) is 0.750. The van der Waals surface area contributed by atoms with Crippen molar-refractivity contribution in [2.75, 3.05) is 45.4 Å². The molecule has 0 unspecified atom stereocenters. The molecule has 0 N–H and O–H groups in total. The van der Waals surface area contributed by atoms with E-state index in [4.69, 9.17) is 14.2 Å². The molecule has 0 atom stereocenters. The lowest BCUT2D eigenvalue weighted by molar-refractivity contribution is -0.109. The molecular weight excluding hydrogens is 336 g/mol. The molecule has 0 rings (SSSR count). The lowest BCUT2D eigenvalue weighted by atomic mass is 10.1. The van der Waals surface area contributed by atoms with Gasteiger partial charge in [-0.25, -0.2) is 0 Å². The maximum atomic E-state index is 10.8. The van der Waals surface area contributed by atoms with Crippen LogP contribution in [0.5, 0.6) is 0 Å². The number of rotatable bonds is 19. The molecule has 0 aliphatic carbocycles. The van der Waals surface area contributed by atoms with Crippen LogP contribution < -0.4 is 0 Å². The first-order chi connectivity index (χ1) is 12.3. The van der Waals surface area contributed by atoms with E-state index in [1.807, 2.05) is 0 Å². The van der Waals surface area contributed by atoms with Crippen LogP contribution in [0.15, 0.2) is 24.8 Å². The molecule has 4 nitrogen and oxygen atoms in total. The van der Waals surface area contributed by atoms with Gasteiger partial charge < -0.3 is 14.2 Å². The highest BCUT2D eigenvalue weighted by atomic mass is 32.2. The second-order valence-corrected chi connectivity index (χ2v) is 7.02. The first kappa shape index (κ1) is 24.4. The Morgan fingerprint density at radius 2 is 1.44 bits per heavy atom. The second kappa shape index (κ2) is 21.4. The van der Waals surface area contributed by atoms with Gasteiger partial charge in [-0.1, -0.05) is 36.4 Å². The minimum absolute atomic E-state index is 0.227. The Hall–Kier alpha value is -0.620. The molecule has 0 bridgehead atoms. The number of thioether (sulfide) groups is 1. The lowest BCUT2D eigenvalue weighted by Gasteiger charge is -2.05. The largest absolute Gasteiger partial charge is 0.379 e. The van der Waals surface area contributed by atoms with E-state index in [0.717, 1.165) is 38.0 Å². The van der Waals surface area contributed by atoms with E-state index >= 15 is 0 Å². The van der Waals surface area contributed by atoms with Crippen LogP contribution in [-0.2, 0) is 19.0 Å². The summed E-state index contributed by atoms with van der Waals surface area (Å²) in [5.74, 6) is 0.965. The molecule has 0 fully saturated rings. The predicted octanol–water partition coefficient (Wildman–Crippen LogP) is 4.79. The van der Waals surface area contributed by atoms with Gasteiger partial charge in [-0.15, -0.1) is 6.58 Å². The summed E-state index contributed by atoms with van der Waals surface area (Å²) in [7, 11) is 0. The predicted molar refractivity (Wildman–Crippen MR) is 107 cm³/mol. The van der Waals surface area contributed by atoms with Crippen molar-refractivity contribution in [2.24, 2.45) is 0 Å². The van der Waals surface area contributed by atoms with E-state index in [0.29, 0.717) is 33.0 Å². The zero-order valence-corrected chi connectivity index (χ0v) is 16.7. The van der Waals surface area contributed by atoms with Crippen LogP contribution in [0.2, 0.25) is 0 Å². The van der Waals surface area contributed by atoms with Crippen LogP contribution in [0.25, 0.3) is 0 Å². The fourth-order valence-electron chi connectivity index (χ4n) is 2.07. The molecule has 146 valence electrons. The van der Waals surface area contributed by atoms with Gasteiger partial charge in [-0.2, -0.15) is 0 Å². The summed E-state index contributed by atoms with van der Waals surface area (Å²) in [4.78, 5) is 10.8. The SMILES string of the molecule is C=CCOCCOCCOCCCC/C=C/CCCCCSC(C)=O. The van der Waals surface area contributed by atoms with Gasteiger partial charge in [0, 0.05) is 19.3 Å². The van der Waals surface area contributed by atoms with Crippen LogP contribution in [0.1, 0.15) is 51.9 Å². The van der Waals surface area contributed by atoms with Crippen molar-refractivity contribution in [1.82, 2.24) is 0 Å². The van der Waals surface area contributed by atoms with Crippen molar-refractivity contribution in [3.05, 3.63) is 24.8 Å². The molecule has 0 radical (unpaired) electrons. The second-order valence-electron chi connectivity index (χ2n) is 5.74. The number of carbonyl (C=O) groups is 1. The highest BCUT2D eigenvalue weighted by Gasteiger charge is 1.94. The topological polar surface area (TPSA) is 44.8 Å². The van der Waals surface area contributed by atoms with Crippen molar-refractivity contribution >= 4 is 16.9 Å². The molecule has 0 aliphatic rings. The molecule has 25 heavy (non-hydrogen) atoms. The molecule has 0 saturated carbocycles. The van der Waals surface area contributed by atoms with Crippen molar-refractivity contribution in [3.63, 3.8) is 0 Å². The smallest absolute Gasteiger partial charge is 0.185 e. The zero-order chi connectivity index (χ0) is 18.4. The Morgan fingerprint density at radius 3 is 2.08 bits per heavy atom. The summed E-state index contributed by atoms with van der Waals surface area (Å²) < 4.78 is 16.1. The Bertz CT molecular complexity index is 332. The van der Waals surface area contributed by atoms with Gasteiger partial charge in [-0.3, -0.25) is 4.79 Å². The maximum Gasteiger partial charge on any atom is 0.185 e. The summed E-state index contributed by atoms with van der Waals surface area (Å²) in [6.07, 6.45) is 14.4. The summed E-state index contributed by atoms with van der Waals surface area (Å²) in [5.41, 5.74) is 0. The average Bonchev–Trinajstić information content (AvgIpc) is 2.60. The number of hydrogen-bond donors (Lipinski definition) is 0. The number of allylic oxidation sites excluding steroid dienone is 2. The quantitative estimate of drug-likeness (QED) is 0.241. The van der Waals surface area contributed by atoms with E-state index in [1.165, 1.54) is 31.0 Å². The van der Waals surface area contributed by atoms with Crippen molar-refractivity contribution in [1.29, 1.82) is 0 Å². The van der Waals surface area contributed by atoms with E-state index < -0.39 is 0 Å². The molecule has 0 aliphatic heterocycles. The van der Waals surface area contributed by atoms with Crippen LogP contribution in [0.4, 0.5) is 0 Å². The van der Waals surface area contributed by atoms with Gasteiger partial charge >= 0.3 is 0 Å². The van der Waals surface area contributed by atoms with Gasteiger partial charge in [0.1, 0.15) is 0 Å². The minimum Gasteiger partial charge on any atom is -0.379 e. The fourth-order valence-corrected chi connectivity index (χ4v) is 2.70. The van der Waals surface area contributed by atoms with E-state index in [9.17, 15) is 4.79 Å². The van der Waals surface area contributed by atoms with E-state index in [-0.39, 0.29) is 5.12 Å². The highest BCUT2D eigenvalue weighted by Crippen LogP contribution is 2.08. The third-order valence-electron chi connectivity index (χ3n) is 3.38. The lowest BCUT2D eigenvalue weighted by Crippen LogP contribution is -2.09. The van der Waals surface area contributed by atoms with Gasteiger partial charge in [0.2, 0.25) is 0 Å². The third-order valence-corrected chi connectivity index (χ3v) is 4.28. The third kappa shape index (κ3) is 23.4. The molecule has 0 aromatic rings. The Morgan fingerprint density at radius 1 is 0.840 bits per heavy atom. The summed E-state index contributed by atoms with van der Waals surface area (Å²) in [6, 6.07) is 0. The van der Waals surface area contributed by atoms with Crippen molar-refractivity contribution < 1.29 is 19.0 Å². The summed E-state index contributed by atoms with van der Waals surface area (Å²) in [6.45, 7) is 9.09. The number of unbranched alkanes of at least 4 members (excludes halogenated alkanes) is 5. The standard InChI is InChI=1S/C20H36O4S/c1-3-13-22-15-17-24-18-16-23-14-11-9-7-5-4-6-8-10-12-19-25-20(2)21/h3-5H,1,6-19H2,2H3/b5-4+.